The maximum absolute atomic E-state index is 9.39. The molecule has 14 heavy (non-hydrogen) atoms. The molecule has 72 valence electrons. The minimum absolute atomic E-state index is 0.298. The number of rotatable bonds is 1. The fraction of sp³-hybridized carbons (Fsp3) is 0.300. The molecule has 1 aromatic carbocycles. The van der Waals surface area contributed by atoms with E-state index in [1.54, 1.807) is 12.1 Å². The molecule has 0 aliphatic carbocycles. The highest BCUT2D eigenvalue weighted by Crippen LogP contribution is 2.23. The van der Waals surface area contributed by atoms with Crippen LogP contribution in [-0.2, 0) is 0 Å². The Morgan fingerprint density at radius 2 is 2.29 bits per heavy atom. The number of fused-ring (bicyclic) bond motifs is 1. The number of hydrogen-bond acceptors (Lipinski definition) is 3. The summed E-state index contributed by atoms with van der Waals surface area (Å²) in [5.41, 5.74) is 1.01. The number of aromatic hydroxyl groups is 1. The van der Waals surface area contributed by atoms with Gasteiger partial charge in [0.15, 0.2) is 0 Å². The Kier molecular flexibility index (Phi) is 1.52. The van der Waals surface area contributed by atoms with Crippen molar-refractivity contribution >= 4 is 10.9 Å². The SMILES string of the molecule is Oc1ccc2cnn(C3CNC3)c2c1. The summed E-state index contributed by atoms with van der Waals surface area (Å²) in [7, 11) is 0. The molecule has 2 heterocycles. The van der Waals surface area contributed by atoms with E-state index in [1.807, 2.05) is 16.9 Å². The number of aromatic nitrogens is 2. The first-order chi connectivity index (χ1) is 6.84. The molecule has 0 spiro atoms. The topological polar surface area (TPSA) is 50.1 Å². The Morgan fingerprint density at radius 3 is 3.00 bits per heavy atom. The third kappa shape index (κ3) is 1.01. The van der Waals surface area contributed by atoms with Crippen molar-refractivity contribution in [2.45, 2.75) is 6.04 Å². The second-order valence-corrected chi connectivity index (χ2v) is 3.64. The zero-order chi connectivity index (χ0) is 9.54. The summed E-state index contributed by atoms with van der Waals surface area (Å²) < 4.78 is 1.98. The maximum atomic E-state index is 9.39. The van der Waals surface area contributed by atoms with E-state index in [-0.39, 0.29) is 0 Å². The second-order valence-electron chi connectivity index (χ2n) is 3.64. The van der Waals surface area contributed by atoms with Crippen LogP contribution in [-0.4, -0.2) is 28.0 Å². The van der Waals surface area contributed by atoms with Gasteiger partial charge in [-0.05, 0) is 12.1 Å². The van der Waals surface area contributed by atoms with Gasteiger partial charge >= 0.3 is 0 Å². The molecular formula is C10H11N3O. The summed E-state index contributed by atoms with van der Waals surface area (Å²) in [5, 5.41) is 18.0. The van der Waals surface area contributed by atoms with Crippen molar-refractivity contribution in [1.82, 2.24) is 15.1 Å². The molecule has 1 aliphatic heterocycles. The van der Waals surface area contributed by atoms with Gasteiger partial charge in [-0.2, -0.15) is 5.10 Å². The highest BCUT2D eigenvalue weighted by molar-refractivity contribution is 5.80. The molecule has 2 N–H and O–H groups in total. The van der Waals surface area contributed by atoms with Crippen molar-refractivity contribution in [3.63, 3.8) is 0 Å². The molecule has 0 saturated carbocycles. The summed E-state index contributed by atoms with van der Waals surface area (Å²) in [6.07, 6.45) is 1.84. The summed E-state index contributed by atoms with van der Waals surface area (Å²) in [4.78, 5) is 0. The monoisotopic (exact) mass is 189 g/mol. The Balaban J connectivity index is 2.18. The van der Waals surface area contributed by atoms with Gasteiger partial charge in [0.1, 0.15) is 5.75 Å². The van der Waals surface area contributed by atoms with Crippen molar-refractivity contribution in [3.05, 3.63) is 24.4 Å². The van der Waals surface area contributed by atoms with Gasteiger partial charge in [-0.15, -0.1) is 0 Å². The van der Waals surface area contributed by atoms with Crippen LogP contribution < -0.4 is 5.32 Å². The number of nitrogens with one attached hydrogen (secondary N) is 1. The Morgan fingerprint density at radius 1 is 1.43 bits per heavy atom. The fourth-order valence-electron chi connectivity index (χ4n) is 1.76. The molecule has 1 saturated heterocycles. The number of phenols is 1. The summed E-state index contributed by atoms with van der Waals surface area (Å²) >= 11 is 0. The average molecular weight is 189 g/mol. The second kappa shape index (κ2) is 2.72. The van der Waals surface area contributed by atoms with Crippen LogP contribution >= 0.6 is 0 Å². The van der Waals surface area contributed by atoms with Crippen molar-refractivity contribution in [2.75, 3.05) is 13.1 Å². The van der Waals surface area contributed by atoms with Gasteiger partial charge in [-0.3, -0.25) is 4.68 Å². The van der Waals surface area contributed by atoms with E-state index in [0.717, 1.165) is 24.0 Å². The van der Waals surface area contributed by atoms with Crippen molar-refractivity contribution in [2.24, 2.45) is 0 Å². The van der Waals surface area contributed by atoms with Gasteiger partial charge in [-0.25, -0.2) is 0 Å². The highest BCUT2D eigenvalue weighted by atomic mass is 16.3. The average Bonchev–Trinajstić information content (AvgIpc) is 2.46. The molecule has 0 amide bonds. The van der Waals surface area contributed by atoms with Crippen molar-refractivity contribution < 1.29 is 5.11 Å². The smallest absolute Gasteiger partial charge is 0.117 e. The zero-order valence-electron chi connectivity index (χ0n) is 7.64. The maximum Gasteiger partial charge on any atom is 0.117 e. The van der Waals surface area contributed by atoms with E-state index in [2.05, 4.69) is 10.4 Å². The van der Waals surface area contributed by atoms with Crippen LogP contribution in [0.1, 0.15) is 6.04 Å². The van der Waals surface area contributed by atoms with Gasteiger partial charge in [0.25, 0.3) is 0 Å². The molecule has 1 fully saturated rings. The van der Waals surface area contributed by atoms with Crippen LogP contribution in [0.25, 0.3) is 10.9 Å². The standard InChI is InChI=1S/C10H11N3O/c14-9-2-1-7-4-12-13(10(7)3-9)8-5-11-6-8/h1-4,8,11,14H,5-6H2. The molecule has 3 rings (SSSR count). The number of phenolic OH excluding ortho intramolecular Hbond substituents is 1. The molecule has 4 nitrogen and oxygen atoms in total. The lowest BCUT2D eigenvalue weighted by Crippen LogP contribution is -2.43. The number of benzene rings is 1. The van der Waals surface area contributed by atoms with Crippen LogP contribution in [0.2, 0.25) is 0 Å². The van der Waals surface area contributed by atoms with E-state index in [0.29, 0.717) is 11.8 Å². The number of nitrogens with zero attached hydrogens (tertiary/aromatic N) is 2. The zero-order valence-corrected chi connectivity index (χ0v) is 7.64. The van der Waals surface area contributed by atoms with E-state index in [1.165, 1.54) is 0 Å². The van der Waals surface area contributed by atoms with E-state index in [9.17, 15) is 5.11 Å². The molecule has 0 bridgehead atoms. The predicted octanol–water partition coefficient (Wildman–Crippen LogP) is 0.886. The highest BCUT2D eigenvalue weighted by Gasteiger charge is 2.20. The van der Waals surface area contributed by atoms with Gasteiger partial charge in [-0.1, -0.05) is 0 Å². The molecule has 4 heteroatoms. The van der Waals surface area contributed by atoms with E-state index in [4.69, 9.17) is 0 Å². The normalized spacial score (nSPS) is 17.1. The third-order valence-corrected chi connectivity index (χ3v) is 2.69. The Bertz CT molecular complexity index is 473. The molecule has 0 atom stereocenters. The molecule has 0 unspecified atom stereocenters. The quantitative estimate of drug-likeness (QED) is 0.700. The van der Waals surface area contributed by atoms with Crippen LogP contribution in [0.4, 0.5) is 0 Å². The Hall–Kier alpha value is -1.55. The minimum Gasteiger partial charge on any atom is -0.508 e. The lowest BCUT2D eigenvalue weighted by molar-refractivity contribution is 0.326. The Labute approximate surface area is 81.2 Å². The van der Waals surface area contributed by atoms with Gasteiger partial charge < -0.3 is 10.4 Å². The minimum atomic E-state index is 0.298. The van der Waals surface area contributed by atoms with E-state index < -0.39 is 0 Å². The first-order valence-electron chi connectivity index (χ1n) is 4.71. The molecule has 0 radical (unpaired) electrons. The van der Waals surface area contributed by atoms with Gasteiger partial charge in [0, 0.05) is 24.5 Å². The van der Waals surface area contributed by atoms with Crippen LogP contribution in [0.5, 0.6) is 5.75 Å². The number of hydrogen-bond donors (Lipinski definition) is 2. The fourth-order valence-corrected chi connectivity index (χ4v) is 1.76. The molecule has 2 aromatic rings. The molecule has 1 aromatic heterocycles. The first-order valence-corrected chi connectivity index (χ1v) is 4.71. The summed E-state index contributed by atoms with van der Waals surface area (Å²) in [6.45, 7) is 1.93. The van der Waals surface area contributed by atoms with E-state index >= 15 is 0 Å². The lowest BCUT2D eigenvalue weighted by Gasteiger charge is -2.27. The van der Waals surface area contributed by atoms with Crippen molar-refractivity contribution in [3.8, 4) is 5.75 Å². The third-order valence-electron chi connectivity index (χ3n) is 2.69. The van der Waals surface area contributed by atoms with Crippen LogP contribution in [0, 0.1) is 0 Å². The first kappa shape index (κ1) is 7.82. The molecular weight excluding hydrogens is 178 g/mol. The lowest BCUT2D eigenvalue weighted by atomic mass is 10.1. The van der Waals surface area contributed by atoms with Crippen LogP contribution in [0.3, 0.4) is 0 Å². The van der Waals surface area contributed by atoms with Gasteiger partial charge in [0.2, 0.25) is 0 Å². The predicted molar refractivity (Wildman–Crippen MR) is 53.3 cm³/mol. The van der Waals surface area contributed by atoms with Crippen LogP contribution in [0.15, 0.2) is 24.4 Å². The van der Waals surface area contributed by atoms with Gasteiger partial charge in [0.05, 0.1) is 17.8 Å². The summed E-state index contributed by atoms with van der Waals surface area (Å²) in [6, 6.07) is 5.78. The molecule has 1 aliphatic rings. The van der Waals surface area contributed by atoms with Crippen molar-refractivity contribution in [1.29, 1.82) is 0 Å². The summed E-state index contributed by atoms with van der Waals surface area (Å²) in [5.74, 6) is 0.298. The largest absolute Gasteiger partial charge is 0.508 e.